The van der Waals surface area contributed by atoms with Crippen LogP contribution in [0.1, 0.15) is 27.2 Å². The van der Waals surface area contributed by atoms with Crippen LogP contribution in [0.5, 0.6) is 0 Å². The number of amides is 1. The lowest BCUT2D eigenvalue weighted by molar-refractivity contribution is 0.0528. The first-order valence-corrected chi connectivity index (χ1v) is 7.50. The second kappa shape index (κ2) is 7.11. The van der Waals surface area contributed by atoms with Crippen molar-refractivity contribution < 1.29 is 9.53 Å². The quantitative estimate of drug-likeness (QED) is 0.829. The molecule has 1 heterocycles. The van der Waals surface area contributed by atoms with Gasteiger partial charge in [0.1, 0.15) is 11.4 Å². The zero-order chi connectivity index (χ0) is 16.0. The normalized spacial score (nSPS) is 11.2. The molecule has 0 aliphatic rings. The largest absolute Gasteiger partial charge is 0.444 e. The van der Waals surface area contributed by atoms with Crippen molar-refractivity contribution >= 4 is 22.7 Å². The predicted molar refractivity (Wildman–Crippen MR) is 89.1 cm³/mol. The number of aromatic nitrogens is 1. The summed E-state index contributed by atoms with van der Waals surface area (Å²) in [4.78, 5) is 15.9. The number of rotatable bonds is 5. The third-order valence-electron chi connectivity index (χ3n) is 2.99. The number of fused-ring (bicyclic) bond motifs is 1. The molecule has 2 rings (SSSR count). The van der Waals surface area contributed by atoms with Crippen LogP contribution in [0.2, 0.25) is 0 Å². The van der Waals surface area contributed by atoms with E-state index in [-0.39, 0.29) is 6.09 Å². The molecule has 1 amide bonds. The zero-order valence-corrected chi connectivity index (χ0v) is 13.3. The van der Waals surface area contributed by atoms with E-state index in [1.807, 2.05) is 45.0 Å². The minimum Gasteiger partial charge on any atom is -0.444 e. The maximum absolute atomic E-state index is 11.5. The maximum atomic E-state index is 11.5. The Balaban J connectivity index is 1.76. The first kappa shape index (κ1) is 16.1. The molecule has 1 aromatic carbocycles. The molecular formula is C17H23N3O2. The first-order valence-electron chi connectivity index (χ1n) is 7.50. The molecule has 5 nitrogen and oxygen atoms in total. The number of hydrogen-bond donors (Lipinski definition) is 2. The fourth-order valence-corrected chi connectivity index (χ4v) is 2.06. The van der Waals surface area contributed by atoms with Gasteiger partial charge in [0.25, 0.3) is 0 Å². The van der Waals surface area contributed by atoms with E-state index in [9.17, 15) is 4.79 Å². The zero-order valence-electron chi connectivity index (χ0n) is 13.3. The average Bonchev–Trinajstić information content (AvgIpc) is 2.45. The maximum Gasteiger partial charge on any atom is 0.407 e. The fraction of sp³-hybridized carbons (Fsp3) is 0.412. The van der Waals surface area contributed by atoms with Gasteiger partial charge >= 0.3 is 6.09 Å². The summed E-state index contributed by atoms with van der Waals surface area (Å²) in [7, 11) is 0. The Kier molecular flexibility index (Phi) is 5.20. The Morgan fingerprint density at radius 2 is 1.95 bits per heavy atom. The van der Waals surface area contributed by atoms with Crippen LogP contribution in [0.3, 0.4) is 0 Å². The van der Waals surface area contributed by atoms with Crippen LogP contribution in [-0.4, -0.2) is 29.8 Å². The molecule has 0 bridgehead atoms. The minimum atomic E-state index is -0.463. The number of hydrogen-bond acceptors (Lipinski definition) is 4. The second-order valence-corrected chi connectivity index (χ2v) is 6.09. The summed E-state index contributed by atoms with van der Waals surface area (Å²) in [5, 5.41) is 8.31. The third-order valence-corrected chi connectivity index (χ3v) is 2.99. The molecule has 0 aliphatic carbocycles. The van der Waals surface area contributed by atoms with Gasteiger partial charge in [0.2, 0.25) is 0 Å². The van der Waals surface area contributed by atoms with Gasteiger partial charge in [-0.25, -0.2) is 9.78 Å². The van der Waals surface area contributed by atoms with E-state index in [1.54, 1.807) is 6.20 Å². The van der Waals surface area contributed by atoms with Crippen molar-refractivity contribution in [1.29, 1.82) is 0 Å². The molecule has 0 unspecified atom stereocenters. The van der Waals surface area contributed by atoms with Gasteiger partial charge < -0.3 is 15.4 Å². The number of nitrogens with one attached hydrogen (secondary N) is 2. The molecule has 0 fully saturated rings. The Morgan fingerprint density at radius 1 is 1.18 bits per heavy atom. The molecule has 0 atom stereocenters. The molecule has 0 spiro atoms. The molecule has 22 heavy (non-hydrogen) atoms. The second-order valence-electron chi connectivity index (χ2n) is 6.09. The van der Waals surface area contributed by atoms with Crippen LogP contribution < -0.4 is 10.6 Å². The van der Waals surface area contributed by atoms with Crippen LogP contribution in [0, 0.1) is 0 Å². The van der Waals surface area contributed by atoms with Crippen LogP contribution in [-0.2, 0) is 4.74 Å². The Bertz CT molecular complexity index is 630. The van der Waals surface area contributed by atoms with Gasteiger partial charge in [-0.1, -0.05) is 24.3 Å². The van der Waals surface area contributed by atoms with E-state index in [0.29, 0.717) is 6.54 Å². The van der Waals surface area contributed by atoms with Gasteiger partial charge in [0.05, 0.1) is 0 Å². The van der Waals surface area contributed by atoms with Crippen LogP contribution in [0.4, 0.5) is 10.6 Å². The number of carbonyl (C=O) groups is 1. The van der Waals surface area contributed by atoms with Crippen molar-refractivity contribution in [2.45, 2.75) is 32.8 Å². The highest BCUT2D eigenvalue weighted by Gasteiger charge is 2.15. The van der Waals surface area contributed by atoms with Gasteiger partial charge in [-0.2, -0.15) is 0 Å². The topological polar surface area (TPSA) is 63.2 Å². The van der Waals surface area contributed by atoms with E-state index in [1.165, 1.54) is 0 Å². The first-order chi connectivity index (χ1) is 10.5. The fourth-order valence-electron chi connectivity index (χ4n) is 2.06. The van der Waals surface area contributed by atoms with Crippen LogP contribution in [0.15, 0.2) is 36.5 Å². The monoisotopic (exact) mass is 301 g/mol. The summed E-state index contributed by atoms with van der Waals surface area (Å²) in [6.07, 6.45) is 2.21. The van der Waals surface area contributed by atoms with Crippen molar-refractivity contribution in [2.24, 2.45) is 0 Å². The van der Waals surface area contributed by atoms with Crippen molar-refractivity contribution in [2.75, 3.05) is 18.4 Å². The molecule has 2 N–H and O–H groups in total. The van der Waals surface area contributed by atoms with Gasteiger partial charge in [-0.05, 0) is 38.6 Å². The number of ether oxygens (including phenoxy) is 1. The Labute approximate surface area is 131 Å². The summed E-state index contributed by atoms with van der Waals surface area (Å²) in [6.45, 7) is 6.84. The lowest BCUT2D eigenvalue weighted by Gasteiger charge is -2.19. The lowest BCUT2D eigenvalue weighted by atomic mass is 10.1. The number of nitrogens with zero attached hydrogens (tertiary/aromatic N) is 1. The van der Waals surface area contributed by atoms with Crippen LogP contribution in [0.25, 0.3) is 10.8 Å². The molecule has 0 aliphatic heterocycles. The number of benzene rings is 1. The van der Waals surface area contributed by atoms with Gasteiger partial charge in [0, 0.05) is 24.7 Å². The molecule has 0 radical (unpaired) electrons. The smallest absolute Gasteiger partial charge is 0.407 e. The van der Waals surface area contributed by atoms with Crippen molar-refractivity contribution in [3.8, 4) is 0 Å². The van der Waals surface area contributed by atoms with E-state index in [0.717, 1.165) is 29.6 Å². The average molecular weight is 301 g/mol. The van der Waals surface area contributed by atoms with Gasteiger partial charge in [-0.15, -0.1) is 0 Å². The van der Waals surface area contributed by atoms with E-state index in [4.69, 9.17) is 4.74 Å². The van der Waals surface area contributed by atoms with Crippen molar-refractivity contribution in [3.05, 3.63) is 36.5 Å². The number of alkyl carbamates (subject to hydrolysis) is 1. The minimum absolute atomic E-state index is 0.379. The van der Waals surface area contributed by atoms with E-state index in [2.05, 4.69) is 21.7 Å². The lowest BCUT2D eigenvalue weighted by Crippen LogP contribution is -2.33. The van der Waals surface area contributed by atoms with E-state index < -0.39 is 5.60 Å². The van der Waals surface area contributed by atoms with Gasteiger partial charge in [0.15, 0.2) is 0 Å². The molecule has 0 saturated carbocycles. The highest BCUT2D eigenvalue weighted by Crippen LogP contribution is 2.20. The standard InChI is InChI=1S/C17H23N3O2/c1-17(2,3)22-16(21)20-11-6-10-18-15-14-8-5-4-7-13(14)9-12-19-15/h4-5,7-9,12H,6,10-11H2,1-3H3,(H,18,19)(H,20,21). The van der Waals surface area contributed by atoms with Crippen LogP contribution >= 0.6 is 0 Å². The van der Waals surface area contributed by atoms with Crippen molar-refractivity contribution in [3.63, 3.8) is 0 Å². The molecule has 0 saturated heterocycles. The molecule has 1 aromatic heterocycles. The number of pyridine rings is 1. The predicted octanol–water partition coefficient (Wildman–Crippen LogP) is 3.56. The van der Waals surface area contributed by atoms with Gasteiger partial charge in [-0.3, -0.25) is 0 Å². The summed E-state index contributed by atoms with van der Waals surface area (Å²) in [5.41, 5.74) is -0.463. The number of anilines is 1. The van der Waals surface area contributed by atoms with Crippen molar-refractivity contribution in [1.82, 2.24) is 10.3 Å². The Hall–Kier alpha value is -2.30. The highest BCUT2D eigenvalue weighted by molar-refractivity contribution is 5.91. The Morgan fingerprint density at radius 3 is 2.73 bits per heavy atom. The molecular weight excluding hydrogens is 278 g/mol. The summed E-state index contributed by atoms with van der Waals surface area (Å²) in [6, 6.07) is 10.1. The summed E-state index contributed by atoms with van der Waals surface area (Å²) >= 11 is 0. The summed E-state index contributed by atoms with van der Waals surface area (Å²) in [5.74, 6) is 0.871. The molecule has 5 heteroatoms. The number of carbonyl (C=O) groups excluding carboxylic acids is 1. The SMILES string of the molecule is CC(C)(C)OC(=O)NCCCNc1nccc2ccccc12. The highest BCUT2D eigenvalue weighted by atomic mass is 16.6. The summed E-state index contributed by atoms with van der Waals surface area (Å²) < 4.78 is 5.18. The molecule has 2 aromatic rings. The third kappa shape index (κ3) is 4.91. The van der Waals surface area contributed by atoms with E-state index >= 15 is 0 Å². The molecule has 118 valence electrons.